The number of nitrogens with one attached hydrogen (secondary N) is 1. The van der Waals surface area contributed by atoms with Gasteiger partial charge in [-0.2, -0.15) is 13.2 Å². The molecule has 0 aromatic heterocycles. The lowest BCUT2D eigenvalue weighted by atomic mass is 10.1. The number of carbonyl (C=O) groups is 1. The van der Waals surface area contributed by atoms with Crippen LogP contribution in [0.5, 0.6) is 0 Å². The van der Waals surface area contributed by atoms with Crippen molar-refractivity contribution in [1.29, 1.82) is 0 Å². The van der Waals surface area contributed by atoms with E-state index in [9.17, 15) is 18.0 Å². The van der Waals surface area contributed by atoms with E-state index in [0.29, 0.717) is 0 Å². The molecule has 0 saturated heterocycles. The Labute approximate surface area is 103 Å². The van der Waals surface area contributed by atoms with Gasteiger partial charge in [0.25, 0.3) is 5.91 Å². The van der Waals surface area contributed by atoms with Gasteiger partial charge in [0, 0.05) is 5.56 Å². The molecule has 6 heteroatoms. The third-order valence-electron chi connectivity index (χ3n) is 1.90. The number of carbonyl (C=O) groups excluding carboxylic acids is 1. The maximum atomic E-state index is 12.4. The van der Waals surface area contributed by atoms with Crippen LogP contribution in [-0.2, 0) is 11.0 Å². The summed E-state index contributed by atoms with van der Waals surface area (Å²) in [7, 11) is 0. The van der Waals surface area contributed by atoms with E-state index >= 15 is 0 Å². The van der Waals surface area contributed by atoms with E-state index in [1.54, 1.807) is 20.8 Å². The van der Waals surface area contributed by atoms with Crippen LogP contribution < -0.4 is 5.48 Å². The Balaban J connectivity index is 2.81. The van der Waals surface area contributed by atoms with Gasteiger partial charge in [-0.25, -0.2) is 5.48 Å². The van der Waals surface area contributed by atoms with Gasteiger partial charge >= 0.3 is 6.18 Å². The summed E-state index contributed by atoms with van der Waals surface area (Å²) in [6.07, 6.45) is -4.47. The zero-order valence-electron chi connectivity index (χ0n) is 10.3. The van der Waals surface area contributed by atoms with E-state index in [-0.39, 0.29) is 5.56 Å². The lowest BCUT2D eigenvalue weighted by molar-refractivity contribution is -0.137. The molecular weight excluding hydrogens is 247 g/mol. The highest BCUT2D eigenvalue weighted by molar-refractivity contribution is 5.93. The fourth-order valence-corrected chi connectivity index (χ4v) is 1.10. The van der Waals surface area contributed by atoms with Gasteiger partial charge < -0.3 is 0 Å². The van der Waals surface area contributed by atoms with Crippen LogP contribution in [0.4, 0.5) is 13.2 Å². The minimum atomic E-state index is -4.47. The van der Waals surface area contributed by atoms with Crippen LogP contribution in [0.3, 0.4) is 0 Å². The summed E-state index contributed by atoms with van der Waals surface area (Å²) in [6, 6.07) is 4.15. The SMILES string of the molecule is CC(C)(C)ONC(=O)c1cccc(C(F)(F)F)c1. The first-order valence-corrected chi connectivity index (χ1v) is 5.25. The number of benzene rings is 1. The summed E-state index contributed by atoms with van der Waals surface area (Å²) >= 11 is 0. The van der Waals surface area contributed by atoms with Crippen molar-refractivity contribution in [2.75, 3.05) is 0 Å². The fraction of sp³-hybridized carbons (Fsp3) is 0.417. The van der Waals surface area contributed by atoms with E-state index in [0.717, 1.165) is 12.1 Å². The average molecular weight is 261 g/mol. The van der Waals surface area contributed by atoms with E-state index < -0.39 is 23.2 Å². The van der Waals surface area contributed by atoms with Crippen molar-refractivity contribution in [3.63, 3.8) is 0 Å². The molecule has 18 heavy (non-hydrogen) atoms. The van der Waals surface area contributed by atoms with Crippen LogP contribution in [0.15, 0.2) is 24.3 Å². The fourth-order valence-electron chi connectivity index (χ4n) is 1.10. The normalized spacial score (nSPS) is 12.3. The summed E-state index contributed by atoms with van der Waals surface area (Å²) in [5, 5.41) is 0. The molecule has 1 N–H and O–H groups in total. The molecule has 0 aliphatic carbocycles. The van der Waals surface area contributed by atoms with E-state index in [1.807, 2.05) is 0 Å². The molecule has 1 rings (SSSR count). The van der Waals surface area contributed by atoms with Crippen molar-refractivity contribution in [2.45, 2.75) is 32.5 Å². The molecule has 3 nitrogen and oxygen atoms in total. The first kappa shape index (κ1) is 14.5. The molecule has 0 unspecified atom stereocenters. The van der Waals surface area contributed by atoms with E-state index in [4.69, 9.17) is 4.84 Å². The number of hydrogen-bond acceptors (Lipinski definition) is 2. The van der Waals surface area contributed by atoms with Crippen molar-refractivity contribution in [3.05, 3.63) is 35.4 Å². The summed E-state index contributed by atoms with van der Waals surface area (Å²) < 4.78 is 37.3. The smallest absolute Gasteiger partial charge is 0.268 e. The highest BCUT2D eigenvalue weighted by Gasteiger charge is 2.31. The molecule has 1 aromatic rings. The molecule has 1 aromatic carbocycles. The summed E-state index contributed by atoms with van der Waals surface area (Å²) in [4.78, 5) is 16.6. The van der Waals surface area contributed by atoms with Crippen molar-refractivity contribution in [3.8, 4) is 0 Å². The van der Waals surface area contributed by atoms with Gasteiger partial charge in [0.1, 0.15) is 0 Å². The Kier molecular flexibility index (Phi) is 4.01. The second-order valence-electron chi connectivity index (χ2n) is 4.72. The van der Waals surface area contributed by atoms with Gasteiger partial charge in [-0.1, -0.05) is 6.07 Å². The molecule has 0 aliphatic heterocycles. The quantitative estimate of drug-likeness (QED) is 0.830. The molecule has 0 atom stereocenters. The lowest BCUT2D eigenvalue weighted by Crippen LogP contribution is -2.33. The molecule has 0 bridgehead atoms. The van der Waals surface area contributed by atoms with E-state index in [1.165, 1.54) is 12.1 Å². The monoisotopic (exact) mass is 261 g/mol. The topological polar surface area (TPSA) is 38.3 Å². The Morgan fingerprint density at radius 3 is 2.33 bits per heavy atom. The second-order valence-corrected chi connectivity index (χ2v) is 4.72. The summed E-state index contributed by atoms with van der Waals surface area (Å²) in [6.45, 7) is 5.12. The Hall–Kier alpha value is -1.56. The predicted molar refractivity (Wildman–Crippen MR) is 59.7 cm³/mol. The molecule has 100 valence electrons. The minimum Gasteiger partial charge on any atom is -0.268 e. The molecule has 0 heterocycles. The summed E-state index contributed by atoms with van der Waals surface area (Å²) in [5.41, 5.74) is 0.525. The maximum Gasteiger partial charge on any atom is 0.416 e. The Bertz CT molecular complexity index is 436. The average Bonchev–Trinajstić information content (AvgIpc) is 2.24. The van der Waals surface area contributed by atoms with Gasteiger partial charge in [0.2, 0.25) is 0 Å². The molecule has 0 radical (unpaired) electrons. The Morgan fingerprint density at radius 2 is 1.83 bits per heavy atom. The predicted octanol–water partition coefficient (Wildman–Crippen LogP) is 3.17. The van der Waals surface area contributed by atoms with Gasteiger partial charge in [-0.15, -0.1) is 0 Å². The van der Waals surface area contributed by atoms with Crippen molar-refractivity contribution >= 4 is 5.91 Å². The van der Waals surface area contributed by atoms with Gasteiger partial charge in [0.05, 0.1) is 11.2 Å². The number of hydrogen-bond donors (Lipinski definition) is 1. The molecule has 0 fully saturated rings. The molecule has 0 spiro atoms. The van der Waals surface area contributed by atoms with Crippen LogP contribution in [0.2, 0.25) is 0 Å². The number of amides is 1. The largest absolute Gasteiger partial charge is 0.416 e. The first-order chi connectivity index (χ1) is 8.09. The van der Waals surface area contributed by atoms with Gasteiger partial charge in [0.15, 0.2) is 0 Å². The number of hydroxylamine groups is 1. The number of halogens is 3. The van der Waals surface area contributed by atoms with Crippen molar-refractivity contribution in [1.82, 2.24) is 5.48 Å². The van der Waals surface area contributed by atoms with Crippen molar-refractivity contribution in [2.24, 2.45) is 0 Å². The molecular formula is C12H14F3NO2. The number of alkyl halides is 3. The second kappa shape index (κ2) is 4.97. The Morgan fingerprint density at radius 1 is 1.22 bits per heavy atom. The van der Waals surface area contributed by atoms with Crippen LogP contribution in [0, 0.1) is 0 Å². The minimum absolute atomic E-state index is 0.103. The summed E-state index contributed by atoms with van der Waals surface area (Å²) in [5.74, 6) is -0.712. The highest BCUT2D eigenvalue weighted by Crippen LogP contribution is 2.29. The van der Waals surface area contributed by atoms with Crippen LogP contribution >= 0.6 is 0 Å². The third kappa shape index (κ3) is 4.37. The standard InChI is InChI=1S/C12H14F3NO2/c1-11(2,3)18-16-10(17)8-5-4-6-9(7-8)12(13,14)15/h4-7H,1-3H3,(H,16,17). The molecule has 0 saturated carbocycles. The maximum absolute atomic E-state index is 12.4. The zero-order valence-corrected chi connectivity index (χ0v) is 10.3. The lowest BCUT2D eigenvalue weighted by Gasteiger charge is -2.19. The van der Waals surface area contributed by atoms with Crippen LogP contribution in [0.25, 0.3) is 0 Å². The van der Waals surface area contributed by atoms with E-state index in [2.05, 4.69) is 5.48 Å². The van der Waals surface area contributed by atoms with Gasteiger partial charge in [-0.3, -0.25) is 9.63 Å². The first-order valence-electron chi connectivity index (χ1n) is 5.25. The number of rotatable bonds is 2. The highest BCUT2D eigenvalue weighted by atomic mass is 19.4. The van der Waals surface area contributed by atoms with Gasteiger partial charge in [-0.05, 0) is 39.0 Å². The molecule has 0 aliphatic rings. The zero-order chi connectivity index (χ0) is 14.0. The van der Waals surface area contributed by atoms with Crippen LogP contribution in [-0.4, -0.2) is 11.5 Å². The third-order valence-corrected chi connectivity index (χ3v) is 1.90. The molecule has 1 amide bonds. The van der Waals surface area contributed by atoms with Crippen LogP contribution in [0.1, 0.15) is 36.7 Å². The van der Waals surface area contributed by atoms with Crippen molar-refractivity contribution < 1.29 is 22.8 Å².